The Kier molecular flexibility index (Phi) is 2.28. The third-order valence-corrected chi connectivity index (χ3v) is 2.19. The van der Waals surface area contributed by atoms with E-state index in [9.17, 15) is 0 Å². The minimum atomic E-state index is 0.207. The van der Waals surface area contributed by atoms with Crippen LogP contribution in [0.15, 0.2) is 0 Å². The Morgan fingerprint density at radius 1 is 1.43 bits per heavy atom. The zero-order chi connectivity index (χ0) is 10.1. The van der Waals surface area contributed by atoms with Gasteiger partial charge < -0.3 is 15.4 Å². The van der Waals surface area contributed by atoms with E-state index in [1.165, 1.54) is 0 Å². The van der Waals surface area contributed by atoms with Crippen molar-refractivity contribution < 1.29 is 4.74 Å². The fraction of sp³-hybridized carbons (Fsp3) is 0.750. The summed E-state index contributed by atoms with van der Waals surface area (Å²) in [6.07, 6.45) is 0.414. The Morgan fingerprint density at radius 3 is 2.57 bits per heavy atom. The summed E-state index contributed by atoms with van der Waals surface area (Å²) in [5.74, 6) is 1.01. The Balaban J connectivity index is 2.10. The summed E-state index contributed by atoms with van der Waals surface area (Å²) in [7, 11) is 0. The summed E-state index contributed by atoms with van der Waals surface area (Å²) >= 11 is 0. The number of morpholine rings is 1. The van der Waals surface area contributed by atoms with Gasteiger partial charge in [0, 0.05) is 13.1 Å². The monoisotopic (exact) mass is 197 g/mol. The predicted molar refractivity (Wildman–Crippen MR) is 53.0 cm³/mol. The number of aromatic nitrogens is 3. The van der Waals surface area contributed by atoms with Crippen LogP contribution in [-0.4, -0.2) is 40.5 Å². The van der Waals surface area contributed by atoms with Gasteiger partial charge in [0.05, 0.1) is 12.2 Å². The Hall–Kier alpha value is -1.30. The Morgan fingerprint density at radius 2 is 2.07 bits per heavy atom. The number of nitrogens with zero attached hydrogens (tertiary/aromatic N) is 3. The summed E-state index contributed by atoms with van der Waals surface area (Å²) in [6, 6.07) is 0. The van der Waals surface area contributed by atoms with Gasteiger partial charge in [-0.1, -0.05) is 0 Å². The highest BCUT2D eigenvalue weighted by Crippen LogP contribution is 2.16. The normalized spacial score (nSPS) is 28.0. The molecule has 0 unspecified atom stereocenters. The molecule has 1 aliphatic heterocycles. The smallest absolute Gasteiger partial charge is 0.246 e. The van der Waals surface area contributed by atoms with Crippen LogP contribution in [0.2, 0.25) is 0 Å². The largest absolute Gasteiger partial charge is 0.372 e. The molecule has 0 radical (unpaired) electrons. The highest BCUT2D eigenvalue weighted by Gasteiger charge is 2.24. The molecule has 2 heterocycles. The highest BCUT2D eigenvalue weighted by atomic mass is 16.5. The van der Waals surface area contributed by atoms with Gasteiger partial charge in [-0.05, 0) is 13.8 Å². The van der Waals surface area contributed by atoms with Crippen molar-refractivity contribution in [3.63, 3.8) is 0 Å². The van der Waals surface area contributed by atoms with Crippen LogP contribution in [0.1, 0.15) is 13.8 Å². The minimum Gasteiger partial charge on any atom is -0.372 e. The van der Waals surface area contributed by atoms with Gasteiger partial charge in [-0.2, -0.15) is 4.98 Å². The summed E-state index contributed by atoms with van der Waals surface area (Å²) in [6.45, 7) is 5.70. The van der Waals surface area contributed by atoms with Crippen molar-refractivity contribution in [2.24, 2.45) is 0 Å². The molecule has 1 aliphatic rings. The molecule has 0 saturated carbocycles. The minimum absolute atomic E-state index is 0.207. The zero-order valence-electron chi connectivity index (χ0n) is 8.40. The summed E-state index contributed by atoms with van der Waals surface area (Å²) in [5, 5.41) is 6.65. The molecule has 0 spiro atoms. The van der Waals surface area contributed by atoms with Crippen LogP contribution in [0, 0.1) is 0 Å². The lowest BCUT2D eigenvalue weighted by molar-refractivity contribution is -0.00569. The number of nitrogens with one attached hydrogen (secondary N) is 1. The molecule has 3 N–H and O–H groups in total. The number of nitrogen functional groups attached to an aromatic ring is 1. The third kappa shape index (κ3) is 1.79. The van der Waals surface area contributed by atoms with Gasteiger partial charge in [0.25, 0.3) is 0 Å². The van der Waals surface area contributed by atoms with Crippen molar-refractivity contribution in [2.45, 2.75) is 26.1 Å². The Bertz CT molecular complexity index is 302. The SMILES string of the molecule is C[C@@H]1CN(c2n[nH]c(N)n2)C[C@H](C)O1. The average molecular weight is 197 g/mol. The average Bonchev–Trinajstić information content (AvgIpc) is 2.50. The van der Waals surface area contributed by atoms with Crippen molar-refractivity contribution in [1.82, 2.24) is 15.2 Å². The van der Waals surface area contributed by atoms with Crippen molar-refractivity contribution in [1.29, 1.82) is 0 Å². The van der Waals surface area contributed by atoms with Crippen LogP contribution in [0.4, 0.5) is 11.9 Å². The van der Waals surface area contributed by atoms with Crippen LogP contribution in [-0.2, 0) is 4.74 Å². The standard InChI is InChI=1S/C8H15N5O/c1-5-3-13(4-6(2)14-5)8-10-7(9)11-12-8/h5-6H,3-4H2,1-2H3,(H3,9,10,11,12)/t5-,6+. The second kappa shape index (κ2) is 3.45. The maximum atomic E-state index is 5.61. The van der Waals surface area contributed by atoms with Gasteiger partial charge >= 0.3 is 0 Å². The van der Waals surface area contributed by atoms with Crippen LogP contribution in [0.25, 0.3) is 0 Å². The predicted octanol–water partition coefficient (Wildman–Crippen LogP) is 0.000500. The van der Waals surface area contributed by atoms with Crippen LogP contribution < -0.4 is 10.6 Å². The number of hydrogen-bond donors (Lipinski definition) is 2. The highest BCUT2D eigenvalue weighted by molar-refractivity contribution is 5.34. The van der Waals surface area contributed by atoms with E-state index >= 15 is 0 Å². The van der Waals surface area contributed by atoms with E-state index in [2.05, 4.69) is 20.1 Å². The quantitative estimate of drug-likeness (QED) is 0.662. The maximum Gasteiger partial charge on any atom is 0.246 e. The van der Waals surface area contributed by atoms with Crippen molar-refractivity contribution in [3.05, 3.63) is 0 Å². The molecule has 6 heteroatoms. The number of H-pyrrole nitrogens is 1. The van der Waals surface area contributed by atoms with Gasteiger partial charge in [-0.25, -0.2) is 5.10 Å². The van der Waals surface area contributed by atoms with Crippen LogP contribution in [0.5, 0.6) is 0 Å². The number of anilines is 2. The van der Waals surface area contributed by atoms with Gasteiger partial charge in [0.15, 0.2) is 0 Å². The maximum absolute atomic E-state index is 5.61. The fourth-order valence-electron chi connectivity index (χ4n) is 1.75. The van der Waals surface area contributed by atoms with Crippen LogP contribution in [0.3, 0.4) is 0 Å². The molecule has 0 bridgehead atoms. The lowest BCUT2D eigenvalue weighted by Gasteiger charge is -2.34. The van der Waals surface area contributed by atoms with Crippen molar-refractivity contribution in [2.75, 3.05) is 23.7 Å². The fourth-order valence-corrected chi connectivity index (χ4v) is 1.75. The van der Waals surface area contributed by atoms with Gasteiger partial charge in [0.2, 0.25) is 11.9 Å². The number of rotatable bonds is 1. The van der Waals surface area contributed by atoms with Gasteiger partial charge in [-0.3, -0.25) is 0 Å². The van der Waals surface area contributed by atoms with E-state index in [1.807, 2.05) is 13.8 Å². The molecule has 2 atom stereocenters. The Labute approximate surface area is 82.4 Å². The molecule has 6 nitrogen and oxygen atoms in total. The third-order valence-electron chi connectivity index (χ3n) is 2.19. The van der Waals surface area contributed by atoms with E-state index in [0.717, 1.165) is 13.1 Å². The second-order valence-electron chi connectivity index (χ2n) is 3.68. The first-order valence-electron chi connectivity index (χ1n) is 4.73. The van der Waals surface area contributed by atoms with Crippen LogP contribution >= 0.6 is 0 Å². The number of ether oxygens (including phenoxy) is 1. The summed E-state index contributed by atoms with van der Waals surface area (Å²) in [5.41, 5.74) is 5.47. The molecule has 1 saturated heterocycles. The van der Waals surface area contributed by atoms with Crippen molar-refractivity contribution in [3.8, 4) is 0 Å². The van der Waals surface area contributed by atoms with Gasteiger partial charge in [-0.15, -0.1) is 5.10 Å². The molecule has 1 aromatic rings. The molecule has 0 amide bonds. The molecular weight excluding hydrogens is 182 g/mol. The summed E-state index contributed by atoms with van der Waals surface area (Å²) < 4.78 is 5.61. The molecule has 2 rings (SSSR count). The summed E-state index contributed by atoms with van der Waals surface area (Å²) in [4.78, 5) is 6.16. The number of aromatic amines is 1. The molecule has 1 fully saturated rings. The zero-order valence-corrected chi connectivity index (χ0v) is 8.40. The lowest BCUT2D eigenvalue weighted by Crippen LogP contribution is -2.46. The lowest BCUT2D eigenvalue weighted by atomic mass is 10.2. The topological polar surface area (TPSA) is 80.1 Å². The van der Waals surface area contributed by atoms with E-state index in [0.29, 0.717) is 11.9 Å². The first kappa shape index (κ1) is 9.26. The molecule has 0 aromatic carbocycles. The number of nitrogens with two attached hydrogens (primary N) is 1. The van der Waals surface area contributed by atoms with E-state index in [4.69, 9.17) is 10.5 Å². The molecule has 1 aromatic heterocycles. The first-order valence-corrected chi connectivity index (χ1v) is 4.73. The number of hydrogen-bond acceptors (Lipinski definition) is 5. The molecule has 0 aliphatic carbocycles. The van der Waals surface area contributed by atoms with Gasteiger partial charge in [0.1, 0.15) is 0 Å². The second-order valence-corrected chi connectivity index (χ2v) is 3.68. The molecular formula is C8H15N5O. The molecule has 78 valence electrons. The first-order chi connectivity index (χ1) is 6.65. The molecule has 14 heavy (non-hydrogen) atoms. The van der Waals surface area contributed by atoms with E-state index in [-0.39, 0.29) is 12.2 Å². The van der Waals surface area contributed by atoms with E-state index in [1.54, 1.807) is 0 Å². The van der Waals surface area contributed by atoms with E-state index < -0.39 is 0 Å². The van der Waals surface area contributed by atoms with Crippen molar-refractivity contribution >= 4 is 11.9 Å².